The second-order valence-electron chi connectivity index (χ2n) is 4.22. The molecule has 1 fully saturated rings. The molecule has 1 saturated carbocycles. The number of aromatic nitrogens is 2. The van der Waals surface area contributed by atoms with Crippen LogP contribution in [0.25, 0.3) is 0 Å². The Labute approximate surface area is 85.5 Å². The van der Waals surface area contributed by atoms with E-state index in [-0.39, 0.29) is 0 Å². The van der Waals surface area contributed by atoms with Crippen molar-refractivity contribution in [3.63, 3.8) is 0 Å². The van der Waals surface area contributed by atoms with E-state index in [1.807, 2.05) is 10.9 Å². The van der Waals surface area contributed by atoms with E-state index in [1.54, 1.807) is 0 Å². The summed E-state index contributed by atoms with van der Waals surface area (Å²) in [5, 5.41) is 7.81. The normalized spacial score (nSPS) is 16.9. The Morgan fingerprint density at radius 3 is 3.00 bits per heavy atom. The molecule has 0 amide bonds. The highest BCUT2D eigenvalue weighted by Gasteiger charge is 2.15. The molecule has 1 N–H and O–H groups in total. The molecule has 3 heteroatoms. The van der Waals surface area contributed by atoms with E-state index in [1.165, 1.54) is 31.2 Å². The van der Waals surface area contributed by atoms with Gasteiger partial charge in [-0.1, -0.05) is 6.42 Å². The molecule has 0 aromatic carbocycles. The molecule has 78 valence electrons. The van der Waals surface area contributed by atoms with Gasteiger partial charge in [0.2, 0.25) is 0 Å². The van der Waals surface area contributed by atoms with Crippen molar-refractivity contribution in [2.75, 3.05) is 6.54 Å². The Morgan fingerprint density at radius 2 is 2.43 bits per heavy atom. The molecule has 1 aliphatic rings. The third-order valence-electron chi connectivity index (χ3n) is 2.86. The molecule has 2 rings (SSSR count). The van der Waals surface area contributed by atoms with Crippen molar-refractivity contribution in [3.8, 4) is 0 Å². The first-order valence-corrected chi connectivity index (χ1v) is 5.57. The smallest absolute Gasteiger partial charge is 0.0518 e. The van der Waals surface area contributed by atoms with E-state index in [9.17, 15) is 0 Å². The van der Waals surface area contributed by atoms with Gasteiger partial charge in [0.1, 0.15) is 0 Å². The first-order chi connectivity index (χ1) is 6.84. The van der Waals surface area contributed by atoms with Crippen LogP contribution in [0.1, 0.15) is 31.2 Å². The van der Waals surface area contributed by atoms with Gasteiger partial charge >= 0.3 is 0 Å². The van der Waals surface area contributed by atoms with Crippen molar-refractivity contribution >= 4 is 0 Å². The van der Waals surface area contributed by atoms with Crippen LogP contribution >= 0.6 is 0 Å². The molecule has 0 atom stereocenters. The summed E-state index contributed by atoms with van der Waals surface area (Å²) in [6.07, 6.45) is 9.36. The van der Waals surface area contributed by atoms with Crippen molar-refractivity contribution in [1.29, 1.82) is 0 Å². The van der Waals surface area contributed by atoms with Crippen LogP contribution in [0.4, 0.5) is 0 Å². The molecule has 1 aromatic rings. The molecular formula is C11H19N3. The Bertz CT molecular complexity index is 276. The maximum Gasteiger partial charge on any atom is 0.0518 e. The highest BCUT2D eigenvalue weighted by Crippen LogP contribution is 2.17. The minimum atomic E-state index is 0.814. The lowest BCUT2D eigenvalue weighted by Gasteiger charge is -2.26. The molecular weight excluding hydrogens is 174 g/mol. The predicted octanol–water partition coefficient (Wildman–Crippen LogP) is 1.72. The monoisotopic (exact) mass is 193 g/mol. The molecule has 1 aromatic heterocycles. The lowest BCUT2D eigenvalue weighted by molar-refractivity contribution is 0.335. The summed E-state index contributed by atoms with van der Waals surface area (Å²) < 4.78 is 2.03. The van der Waals surface area contributed by atoms with E-state index in [0.29, 0.717) is 0 Å². The highest BCUT2D eigenvalue weighted by molar-refractivity contribution is 4.99. The first kappa shape index (κ1) is 9.71. The number of nitrogens with one attached hydrogen (secondary N) is 1. The predicted molar refractivity (Wildman–Crippen MR) is 57.2 cm³/mol. The molecule has 0 saturated heterocycles. The standard InChI is InChI=1S/C11H19N3/c1-10-8-13-14(9-10)7-3-6-12-11-4-2-5-11/h8-9,11-12H,2-7H2,1H3. The van der Waals surface area contributed by atoms with E-state index in [0.717, 1.165) is 19.1 Å². The van der Waals surface area contributed by atoms with Gasteiger partial charge in [-0.2, -0.15) is 5.10 Å². The fourth-order valence-corrected chi connectivity index (χ4v) is 1.75. The molecule has 0 aliphatic heterocycles. The number of rotatable bonds is 5. The van der Waals surface area contributed by atoms with Crippen LogP contribution in [-0.2, 0) is 6.54 Å². The van der Waals surface area contributed by atoms with Crippen molar-refractivity contribution in [1.82, 2.24) is 15.1 Å². The van der Waals surface area contributed by atoms with Gasteiger partial charge in [0.25, 0.3) is 0 Å². The zero-order valence-electron chi connectivity index (χ0n) is 8.87. The number of aryl methyl sites for hydroxylation is 2. The van der Waals surface area contributed by atoms with Crippen molar-refractivity contribution in [2.24, 2.45) is 0 Å². The van der Waals surface area contributed by atoms with Gasteiger partial charge < -0.3 is 5.32 Å². The van der Waals surface area contributed by atoms with Gasteiger partial charge in [0.05, 0.1) is 6.20 Å². The largest absolute Gasteiger partial charge is 0.314 e. The van der Waals surface area contributed by atoms with Gasteiger partial charge in [-0.15, -0.1) is 0 Å². The average molecular weight is 193 g/mol. The Morgan fingerprint density at radius 1 is 1.57 bits per heavy atom. The molecule has 0 spiro atoms. The Kier molecular flexibility index (Phi) is 3.19. The summed E-state index contributed by atoms with van der Waals surface area (Å²) >= 11 is 0. The zero-order valence-corrected chi connectivity index (χ0v) is 8.87. The van der Waals surface area contributed by atoms with Crippen LogP contribution in [-0.4, -0.2) is 22.4 Å². The lowest BCUT2D eigenvalue weighted by Crippen LogP contribution is -2.35. The maximum absolute atomic E-state index is 4.26. The summed E-state index contributed by atoms with van der Waals surface area (Å²) in [7, 11) is 0. The number of hydrogen-bond acceptors (Lipinski definition) is 2. The Balaban J connectivity index is 1.58. The van der Waals surface area contributed by atoms with E-state index >= 15 is 0 Å². The second-order valence-corrected chi connectivity index (χ2v) is 4.22. The number of nitrogens with zero attached hydrogens (tertiary/aromatic N) is 2. The Hall–Kier alpha value is -0.830. The minimum absolute atomic E-state index is 0.814. The summed E-state index contributed by atoms with van der Waals surface area (Å²) in [4.78, 5) is 0. The summed E-state index contributed by atoms with van der Waals surface area (Å²) in [6.45, 7) is 4.24. The maximum atomic E-state index is 4.26. The molecule has 1 heterocycles. The molecule has 3 nitrogen and oxygen atoms in total. The van der Waals surface area contributed by atoms with Gasteiger partial charge in [0, 0.05) is 18.8 Å². The minimum Gasteiger partial charge on any atom is -0.314 e. The molecule has 0 unspecified atom stereocenters. The van der Waals surface area contributed by atoms with Crippen LogP contribution in [0, 0.1) is 6.92 Å². The van der Waals surface area contributed by atoms with Gasteiger partial charge in [-0.25, -0.2) is 0 Å². The van der Waals surface area contributed by atoms with Crippen LogP contribution in [0.5, 0.6) is 0 Å². The van der Waals surface area contributed by atoms with E-state index in [2.05, 4.69) is 23.5 Å². The third-order valence-corrected chi connectivity index (χ3v) is 2.86. The third kappa shape index (κ3) is 2.58. The average Bonchev–Trinajstić information content (AvgIpc) is 2.48. The SMILES string of the molecule is Cc1cnn(CCCNC2CCC2)c1. The number of hydrogen-bond donors (Lipinski definition) is 1. The molecule has 0 bridgehead atoms. The van der Waals surface area contributed by atoms with Gasteiger partial charge in [-0.3, -0.25) is 4.68 Å². The molecule has 14 heavy (non-hydrogen) atoms. The summed E-state index contributed by atoms with van der Waals surface area (Å²) in [5.74, 6) is 0. The van der Waals surface area contributed by atoms with E-state index in [4.69, 9.17) is 0 Å². The van der Waals surface area contributed by atoms with Gasteiger partial charge in [0.15, 0.2) is 0 Å². The quantitative estimate of drug-likeness (QED) is 0.722. The van der Waals surface area contributed by atoms with Crippen molar-refractivity contribution in [3.05, 3.63) is 18.0 Å². The second kappa shape index (κ2) is 4.60. The lowest BCUT2D eigenvalue weighted by atomic mass is 9.93. The van der Waals surface area contributed by atoms with Crippen molar-refractivity contribution < 1.29 is 0 Å². The van der Waals surface area contributed by atoms with Crippen LogP contribution in [0.3, 0.4) is 0 Å². The highest BCUT2D eigenvalue weighted by atomic mass is 15.3. The van der Waals surface area contributed by atoms with Gasteiger partial charge in [-0.05, 0) is 38.3 Å². The van der Waals surface area contributed by atoms with Crippen LogP contribution in [0.15, 0.2) is 12.4 Å². The fraction of sp³-hybridized carbons (Fsp3) is 0.727. The molecule has 1 aliphatic carbocycles. The van der Waals surface area contributed by atoms with Crippen molar-refractivity contribution in [2.45, 2.75) is 45.2 Å². The zero-order chi connectivity index (χ0) is 9.80. The summed E-state index contributed by atoms with van der Waals surface area (Å²) in [5.41, 5.74) is 1.25. The van der Waals surface area contributed by atoms with Crippen LogP contribution < -0.4 is 5.32 Å². The van der Waals surface area contributed by atoms with E-state index < -0.39 is 0 Å². The summed E-state index contributed by atoms with van der Waals surface area (Å²) in [6, 6.07) is 0.814. The first-order valence-electron chi connectivity index (χ1n) is 5.57. The van der Waals surface area contributed by atoms with Crippen LogP contribution in [0.2, 0.25) is 0 Å². The molecule has 0 radical (unpaired) electrons. The topological polar surface area (TPSA) is 29.9 Å². The fourth-order valence-electron chi connectivity index (χ4n) is 1.75.